The van der Waals surface area contributed by atoms with Gasteiger partial charge < -0.3 is 15.4 Å². The second kappa shape index (κ2) is 5.67. The van der Waals surface area contributed by atoms with Gasteiger partial charge in [-0.2, -0.15) is 0 Å². The van der Waals surface area contributed by atoms with Gasteiger partial charge in [0, 0.05) is 30.9 Å². The van der Waals surface area contributed by atoms with Crippen molar-refractivity contribution in [2.75, 3.05) is 25.9 Å². The molecule has 98 valence electrons. The van der Waals surface area contributed by atoms with Crippen LogP contribution >= 0.6 is 15.9 Å². The third kappa shape index (κ3) is 2.81. The average Bonchev–Trinajstić information content (AvgIpc) is 2.41. The Bertz CT molecular complexity index is 445. The topological polar surface area (TPSA) is 68.5 Å². The fourth-order valence-corrected chi connectivity index (χ4v) is 2.42. The van der Waals surface area contributed by atoms with Gasteiger partial charge in [0.15, 0.2) is 0 Å². The van der Waals surface area contributed by atoms with Gasteiger partial charge in [-0.25, -0.2) is 4.98 Å². The van der Waals surface area contributed by atoms with Crippen molar-refractivity contribution in [3.63, 3.8) is 0 Å². The van der Waals surface area contributed by atoms with E-state index >= 15 is 0 Å². The van der Waals surface area contributed by atoms with Crippen molar-refractivity contribution >= 4 is 27.7 Å². The number of nitrogens with two attached hydrogens (primary N) is 1. The Hall–Kier alpha value is -1.14. The SMILES string of the molecule is COC1CCN(C(=O)c2cc(Br)cnc2N)CC1. The molecule has 1 saturated heterocycles. The van der Waals surface area contributed by atoms with Gasteiger partial charge in [0.25, 0.3) is 5.91 Å². The van der Waals surface area contributed by atoms with Crippen LogP contribution in [-0.4, -0.2) is 42.1 Å². The lowest BCUT2D eigenvalue weighted by Crippen LogP contribution is -2.40. The highest BCUT2D eigenvalue weighted by molar-refractivity contribution is 9.10. The number of hydrogen-bond donors (Lipinski definition) is 1. The minimum absolute atomic E-state index is 0.0594. The fraction of sp³-hybridized carbons (Fsp3) is 0.500. The van der Waals surface area contributed by atoms with E-state index in [2.05, 4.69) is 20.9 Å². The minimum atomic E-state index is -0.0594. The number of rotatable bonds is 2. The number of likely N-dealkylation sites (tertiary alicyclic amines) is 1. The zero-order valence-corrected chi connectivity index (χ0v) is 11.8. The molecule has 1 amide bonds. The first kappa shape index (κ1) is 13.3. The third-order valence-electron chi connectivity index (χ3n) is 3.18. The smallest absolute Gasteiger partial charge is 0.257 e. The first-order valence-electron chi connectivity index (χ1n) is 5.85. The molecular formula is C12H16BrN3O2. The van der Waals surface area contributed by atoms with Crippen LogP contribution in [0.4, 0.5) is 5.82 Å². The van der Waals surface area contributed by atoms with Gasteiger partial charge in [-0.15, -0.1) is 0 Å². The molecule has 1 aromatic heterocycles. The van der Waals surface area contributed by atoms with Crippen molar-refractivity contribution in [3.8, 4) is 0 Å². The van der Waals surface area contributed by atoms with Crippen LogP contribution in [0.5, 0.6) is 0 Å². The van der Waals surface area contributed by atoms with Gasteiger partial charge in [-0.3, -0.25) is 4.79 Å². The number of methoxy groups -OCH3 is 1. The van der Waals surface area contributed by atoms with E-state index in [0.29, 0.717) is 18.7 Å². The number of hydrogen-bond acceptors (Lipinski definition) is 4. The molecule has 0 atom stereocenters. The van der Waals surface area contributed by atoms with Crippen molar-refractivity contribution in [1.29, 1.82) is 0 Å². The molecule has 0 spiro atoms. The normalized spacial score (nSPS) is 16.9. The molecule has 1 fully saturated rings. The second-order valence-electron chi connectivity index (χ2n) is 4.31. The summed E-state index contributed by atoms with van der Waals surface area (Å²) in [4.78, 5) is 18.1. The highest BCUT2D eigenvalue weighted by Crippen LogP contribution is 2.20. The third-order valence-corrected chi connectivity index (χ3v) is 3.61. The van der Waals surface area contributed by atoms with Crippen molar-refractivity contribution < 1.29 is 9.53 Å². The van der Waals surface area contributed by atoms with Crippen LogP contribution in [0, 0.1) is 0 Å². The molecular weight excluding hydrogens is 298 g/mol. The van der Waals surface area contributed by atoms with Crippen molar-refractivity contribution in [1.82, 2.24) is 9.88 Å². The maximum Gasteiger partial charge on any atom is 0.257 e. The quantitative estimate of drug-likeness (QED) is 0.902. The zero-order valence-electron chi connectivity index (χ0n) is 10.2. The van der Waals surface area contributed by atoms with E-state index < -0.39 is 0 Å². The molecule has 2 heterocycles. The molecule has 2 N–H and O–H groups in total. The Morgan fingerprint density at radius 1 is 1.56 bits per heavy atom. The average molecular weight is 314 g/mol. The number of amides is 1. The molecule has 0 radical (unpaired) electrons. The van der Waals surface area contributed by atoms with E-state index in [-0.39, 0.29) is 17.8 Å². The van der Waals surface area contributed by atoms with Gasteiger partial charge in [-0.05, 0) is 34.8 Å². The zero-order chi connectivity index (χ0) is 13.1. The number of aromatic nitrogens is 1. The Morgan fingerprint density at radius 2 is 2.22 bits per heavy atom. The number of ether oxygens (including phenoxy) is 1. The molecule has 0 aromatic carbocycles. The minimum Gasteiger partial charge on any atom is -0.383 e. The number of nitrogens with zero attached hydrogens (tertiary/aromatic N) is 2. The molecule has 0 bridgehead atoms. The molecule has 2 rings (SSSR count). The van der Waals surface area contributed by atoms with Crippen molar-refractivity contribution in [3.05, 3.63) is 22.3 Å². The van der Waals surface area contributed by atoms with Crippen molar-refractivity contribution in [2.45, 2.75) is 18.9 Å². The van der Waals surface area contributed by atoms with Gasteiger partial charge in [0.2, 0.25) is 0 Å². The van der Waals surface area contributed by atoms with Gasteiger partial charge in [0.1, 0.15) is 5.82 Å². The van der Waals surface area contributed by atoms with Crippen LogP contribution in [0.1, 0.15) is 23.2 Å². The van der Waals surface area contributed by atoms with Gasteiger partial charge in [0.05, 0.1) is 11.7 Å². The molecule has 0 unspecified atom stereocenters. The number of carbonyl (C=O) groups excluding carboxylic acids is 1. The van der Waals surface area contributed by atoms with E-state index in [0.717, 1.165) is 17.3 Å². The van der Waals surface area contributed by atoms with Gasteiger partial charge >= 0.3 is 0 Å². The predicted octanol–water partition coefficient (Wildman–Crippen LogP) is 1.68. The summed E-state index contributed by atoms with van der Waals surface area (Å²) in [5.41, 5.74) is 6.20. The summed E-state index contributed by atoms with van der Waals surface area (Å²) >= 11 is 3.30. The van der Waals surface area contributed by atoms with Crippen LogP contribution in [0.3, 0.4) is 0 Å². The largest absolute Gasteiger partial charge is 0.383 e. The van der Waals surface area contributed by atoms with E-state index in [1.54, 1.807) is 24.3 Å². The molecule has 6 heteroatoms. The molecule has 0 aliphatic carbocycles. The van der Waals surface area contributed by atoms with Crippen LogP contribution < -0.4 is 5.73 Å². The molecule has 1 aliphatic heterocycles. The van der Waals surface area contributed by atoms with Crippen LogP contribution in [0.25, 0.3) is 0 Å². The van der Waals surface area contributed by atoms with E-state index in [1.165, 1.54) is 0 Å². The van der Waals surface area contributed by atoms with Gasteiger partial charge in [-0.1, -0.05) is 0 Å². The Kier molecular flexibility index (Phi) is 4.19. The Morgan fingerprint density at radius 3 is 2.83 bits per heavy atom. The molecule has 0 saturated carbocycles. The maximum absolute atomic E-state index is 12.3. The summed E-state index contributed by atoms with van der Waals surface area (Å²) < 4.78 is 6.04. The molecule has 18 heavy (non-hydrogen) atoms. The van der Waals surface area contributed by atoms with E-state index in [9.17, 15) is 4.79 Å². The summed E-state index contributed by atoms with van der Waals surface area (Å²) in [7, 11) is 1.71. The van der Waals surface area contributed by atoms with E-state index in [4.69, 9.17) is 10.5 Å². The standard InChI is InChI=1S/C12H16BrN3O2/c1-18-9-2-4-16(5-3-9)12(17)10-6-8(13)7-15-11(10)14/h6-7,9H,2-5H2,1H3,(H2,14,15). The summed E-state index contributed by atoms with van der Waals surface area (Å²) in [5.74, 6) is 0.216. The number of nitrogen functional groups attached to an aromatic ring is 1. The molecule has 1 aromatic rings. The van der Waals surface area contributed by atoms with E-state index in [1.807, 2.05) is 0 Å². The maximum atomic E-state index is 12.3. The second-order valence-corrected chi connectivity index (χ2v) is 5.23. The highest BCUT2D eigenvalue weighted by Gasteiger charge is 2.24. The fourth-order valence-electron chi connectivity index (χ4n) is 2.09. The molecule has 1 aliphatic rings. The first-order valence-corrected chi connectivity index (χ1v) is 6.64. The Balaban J connectivity index is 2.10. The first-order chi connectivity index (χ1) is 8.61. The summed E-state index contributed by atoms with van der Waals surface area (Å²) in [6.07, 6.45) is 3.57. The molecule has 5 nitrogen and oxygen atoms in total. The van der Waals surface area contributed by atoms with Crippen molar-refractivity contribution in [2.24, 2.45) is 0 Å². The van der Waals surface area contributed by atoms with Crippen LogP contribution in [0.15, 0.2) is 16.7 Å². The highest BCUT2D eigenvalue weighted by atomic mass is 79.9. The lowest BCUT2D eigenvalue weighted by molar-refractivity contribution is 0.0351. The number of anilines is 1. The van der Waals surface area contributed by atoms with Crippen LogP contribution in [-0.2, 0) is 4.74 Å². The van der Waals surface area contributed by atoms with Crippen LogP contribution in [0.2, 0.25) is 0 Å². The summed E-state index contributed by atoms with van der Waals surface area (Å²) in [5, 5.41) is 0. The Labute approximate surface area is 114 Å². The number of halogens is 1. The summed E-state index contributed by atoms with van der Waals surface area (Å²) in [6.45, 7) is 1.40. The lowest BCUT2D eigenvalue weighted by Gasteiger charge is -2.31. The predicted molar refractivity (Wildman–Crippen MR) is 72.3 cm³/mol. The lowest BCUT2D eigenvalue weighted by atomic mass is 10.1. The number of pyridine rings is 1. The number of piperidine rings is 1. The monoisotopic (exact) mass is 313 g/mol. The summed E-state index contributed by atoms with van der Waals surface area (Å²) in [6, 6.07) is 1.72. The number of carbonyl (C=O) groups is 1.